The lowest BCUT2D eigenvalue weighted by atomic mass is 9.99. The van der Waals surface area contributed by atoms with E-state index in [0.717, 1.165) is 29.1 Å². The molecule has 1 aliphatic rings. The number of anilines is 1. The Morgan fingerprint density at radius 2 is 2.11 bits per heavy atom. The number of hydrogen-bond donors (Lipinski definition) is 0. The number of fused-ring (bicyclic) bond motifs is 2. The minimum atomic E-state index is -3.30. The van der Waals surface area contributed by atoms with Crippen molar-refractivity contribution in [2.75, 3.05) is 22.9 Å². The summed E-state index contributed by atoms with van der Waals surface area (Å²) >= 11 is 1.40. The maximum Gasteiger partial charge on any atom is 0.232 e. The Bertz CT molecular complexity index is 1120. The summed E-state index contributed by atoms with van der Waals surface area (Å²) in [5.74, 6) is 0.287. The third-order valence-electron chi connectivity index (χ3n) is 4.61. The van der Waals surface area contributed by atoms with Gasteiger partial charge < -0.3 is 0 Å². The van der Waals surface area contributed by atoms with Gasteiger partial charge in [-0.25, -0.2) is 13.4 Å². The summed E-state index contributed by atoms with van der Waals surface area (Å²) in [6, 6.07) is 11.1. The molecule has 0 radical (unpaired) electrons. The van der Waals surface area contributed by atoms with Gasteiger partial charge in [0.25, 0.3) is 0 Å². The quantitative estimate of drug-likeness (QED) is 0.485. The van der Waals surface area contributed by atoms with Gasteiger partial charge in [-0.3, -0.25) is 13.5 Å². The molecule has 1 aromatic carbocycles. The minimum absolute atomic E-state index is 0.00644. The van der Waals surface area contributed by atoms with Gasteiger partial charge in [0.2, 0.25) is 10.0 Å². The number of aromatic nitrogens is 2. The van der Waals surface area contributed by atoms with Crippen molar-refractivity contribution in [1.29, 1.82) is 0 Å². The molecule has 0 fully saturated rings. The summed E-state index contributed by atoms with van der Waals surface area (Å²) in [6.07, 6.45) is 6.46. The molecular weight excluding hydrogens is 382 g/mol. The SMILES string of the molecule is CS(=O)(=O)N1CCCc2cc(C(=O)CSc3ncc4ccccn34)ccc21. The predicted octanol–water partition coefficient (Wildman–Crippen LogP) is 3.02. The first-order valence-electron chi connectivity index (χ1n) is 8.62. The number of rotatable bonds is 5. The number of carbonyl (C=O) groups is 1. The Kier molecular flexibility index (Phi) is 4.69. The normalized spacial score (nSPS) is 14.3. The number of carbonyl (C=O) groups excluding carboxylic acids is 1. The van der Waals surface area contributed by atoms with Gasteiger partial charge in [-0.2, -0.15) is 0 Å². The molecule has 0 amide bonds. The molecule has 0 aliphatic carbocycles. The van der Waals surface area contributed by atoms with Crippen LogP contribution in [0.4, 0.5) is 5.69 Å². The first-order valence-corrected chi connectivity index (χ1v) is 11.5. The molecule has 0 spiro atoms. The highest BCUT2D eigenvalue weighted by atomic mass is 32.2. The molecule has 1 aliphatic heterocycles. The molecule has 0 atom stereocenters. The number of pyridine rings is 1. The summed E-state index contributed by atoms with van der Waals surface area (Å²) in [5.41, 5.74) is 3.19. The fourth-order valence-electron chi connectivity index (χ4n) is 3.32. The number of hydrogen-bond acceptors (Lipinski definition) is 5. The molecular formula is C19H19N3O3S2. The zero-order chi connectivity index (χ0) is 19.0. The summed E-state index contributed by atoms with van der Waals surface area (Å²) in [6.45, 7) is 0.488. The summed E-state index contributed by atoms with van der Waals surface area (Å²) in [4.78, 5) is 17.0. The molecule has 0 N–H and O–H groups in total. The average Bonchev–Trinajstić information content (AvgIpc) is 3.07. The topological polar surface area (TPSA) is 71.8 Å². The van der Waals surface area contributed by atoms with Crippen molar-refractivity contribution < 1.29 is 13.2 Å². The number of sulfonamides is 1. The fraction of sp³-hybridized carbons (Fsp3) is 0.263. The van der Waals surface area contributed by atoms with E-state index in [1.807, 2.05) is 34.9 Å². The molecule has 140 valence electrons. The molecule has 6 nitrogen and oxygen atoms in total. The third-order valence-corrected chi connectivity index (χ3v) is 6.76. The second kappa shape index (κ2) is 7.01. The highest BCUT2D eigenvalue weighted by molar-refractivity contribution is 7.99. The van der Waals surface area contributed by atoms with Crippen LogP contribution in [0.3, 0.4) is 0 Å². The first-order chi connectivity index (χ1) is 12.9. The van der Waals surface area contributed by atoms with Gasteiger partial charge in [0.05, 0.1) is 29.4 Å². The van der Waals surface area contributed by atoms with Crippen molar-refractivity contribution in [3.05, 3.63) is 59.9 Å². The minimum Gasteiger partial charge on any atom is -0.295 e. The Hall–Kier alpha value is -2.32. The van der Waals surface area contributed by atoms with Crippen LogP contribution in [0.5, 0.6) is 0 Å². The lowest BCUT2D eigenvalue weighted by molar-refractivity contribution is 0.102. The Morgan fingerprint density at radius 1 is 1.26 bits per heavy atom. The van der Waals surface area contributed by atoms with Crippen LogP contribution >= 0.6 is 11.8 Å². The monoisotopic (exact) mass is 401 g/mol. The van der Waals surface area contributed by atoms with E-state index in [2.05, 4.69) is 4.98 Å². The standard InChI is InChI=1S/C19H19N3O3S2/c1-27(24,25)22-10-4-5-14-11-15(7-8-17(14)22)18(23)13-26-19-20-12-16-6-2-3-9-21(16)19/h2-3,6-9,11-12H,4-5,10,13H2,1H3. The molecule has 0 saturated carbocycles. The van der Waals surface area contributed by atoms with Gasteiger partial charge in [0, 0.05) is 18.3 Å². The third kappa shape index (κ3) is 3.59. The number of benzene rings is 1. The van der Waals surface area contributed by atoms with Crippen LogP contribution in [-0.4, -0.2) is 42.1 Å². The Morgan fingerprint density at radius 3 is 2.93 bits per heavy atom. The van der Waals surface area contributed by atoms with E-state index in [0.29, 0.717) is 17.8 Å². The summed E-state index contributed by atoms with van der Waals surface area (Å²) < 4.78 is 27.3. The van der Waals surface area contributed by atoms with E-state index in [4.69, 9.17) is 0 Å². The lowest BCUT2D eigenvalue weighted by Crippen LogP contribution is -2.34. The van der Waals surface area contributed by atoms with Crippen molar-refractivity contribution in [1.82, 2.24) is 9.38 Å². The van der Waals surface area contributed by atoms with Crippen LogP contribution in [-0.2, 0) is 16.4 Å². The van der Waals surface area contributed by atoms with Crippen molar-refractivity contribution in [3.8, 4) is 0 Å². The highest BCUT2D eigenvalue weighted by Gasteiger charge is 2.24. The van der Waals surface area contributed by atoms with Crippen molar-refractivity contribution in [2.24, 2.45) is 0 Å². The van der Waals surface area contributed by atoms with E-state index >= 15 is 0 Å². The zero-order valence-electron chi connectivity index (χ0n) is 14.8. The van der Waals surface area contributed by atoms with Gasteiger partial charge in [-0.15, -0.1) is 0 Å². The second-order valence-electron chi connectivity index (χ2n) is 6.53. The van der Waals surface area contributed by atoms with E-state index < -0.39 is 10.0 Å². The Labute approximate surface area is 162 Å². The maximum absolute atomic E-state index is 12.7. The second-order valence-corrected chi connectivity index (χ2v) is 9.38. The predicted molar refractivity (Wildman–Crippen MR) is 107 cm³/mol. The number of thioether (sulfide) groups is 1. The molecule has 0 bridgehead atoms. The lowest BCUT2D eigenvalue weighted by Gasteiger charge is -2.29. The molecule has 3 aromatic rings. The maximum atomic E-state index is 12.7. The van der Waals surface area contributed by atoms with Crippen LogP contribution in [0, 0.1) is 0 Å². The van der Waals surface area contributed by atoms with Gasteiger partial charge in [-0.05, 0) is 48.7 Å². The Balaban J connectivity index is 1.53. The van der Waals surface area contributed by atoms with E-state index in [-0.39, 0.29) is 11.5 Å². The molecule has 8 heteroatoms. The van der Waals surface area contributed by atoms with Crippen molar-refractivity contribution >= 4 is 38.8 Å². The average molecular weight is 402 g/mol. The molecule has 0 unspecified atom stereocenters. The van der Waals surface area contributed by atoms with Crippen molar-refractivity contribution in [2.45, 2.75) is 18.0 Å². The fourth-order valence-corrected chi connectivity index (χ4v) is 5.18. The van der Waals surface area contributed by atoms with Crippen LogP contribution < -0.4 is 4.31 Å². The van der Waals surface area contributed by atoms with Crippen LogP contribution in [0.25, 0.3) is 5.52 Å². The first kappa shape index (κ1) is 18.1. The van der Waals surface area contributed by atoms with Crippen LogP contribution in [0.2, 0.25) is 0 Å². The van der Waals surface area contributed by atoms with E-state index in [1.165, 1.54) is 22.3 Å². The number of imidazole rings is 1. The molecule has 2 aromatic heterocycles. The van der Waals surface area contributed by atoms with Crippen molar-refractivity contribution in [3.63, 3.8) is 0 Å². The smallest absolute Gasteiger partial charge is 0.232 e. The van der Waals surface area contributed by atoms with E-state index in [1.54, 1.807) is 18.3 Å². The number of Topliss-reactive ketones (excluding diaryl/α,β-unsaturated/α-hetero) is 1. The van der Waals surface area contributed by atoms with Crippen LogP contribution in [0.15, 0.2) is 53.9 Å². The molecule has 0 saturated heterocycles. The summed E-state index contributed by atoms with van der Waals surface area (Å²) in [5, 5.41) is 0.778. The zero-order valence-corrected chi connectivity index (χ0v) is 16.5. The summed E-state index contributed by atoms with van der Waals surface area (Å²) in [7, 11) is -3.30. The largest absolute Gasteiger partial charge is 0.295 e. The van der Waals surface area contributed by atoms with Gasteiger partial charge in [-0.1, -0.05) is 17.8 Å². The molecule has 3 heterocycles. The van der Waals surface area contributed by atoms with Gasteiger partial charge in [0.1, 0.15) is 0 Å². The van der Waals surface area contributed by atoms with Gasteiger partial charge >= 0.3 is 0 Å². The number of ketones is 1. The van der Waals surface area contributed by atoms with E-state index in [9.17, 15) is 13.2 Å². The van der Waals surface area contributed by atoms with Gasteiger partial charge in [0.15, 0.2) is 10.9 Å². The van der Waals surface area contributed by atoms with Crippen LogP contribution in [0.1, 0.15) is 22.3 Å². The number of nitrogens with zero attached hydrogens (tertiary/aromatic N) is 3. The highest BCUT2D eigenvalue weighted by Crippen LogP contribution is 2.30. The molecule has 4 rings (SSSR count). The number of aryl methyl sites for hydroxylation is 1. The molecule has 27 heavy (non-hydrogen) atoms.